The fraction of sp³-hybridized carbons (Fsp3) is 0.370. The maximum atomic E-state index is 14.9. The molecule has 0 radical (unpaired) electrons. The van der Waals surface area contributed by atoms with E-state index >= 15 is 0 Å². The van der Waals surface area contributed by atoms with Crippen LogP contribution >= 0.6 is 0 Å². The molecule has 0 aliphatic carbocycles. The molecule has 34 heavy (non-hydrogen) atoms. The molecule has 176 valence electrons. The Morgan fingerprint density at radius 1 is 1.09 bits per heavy atom. The second-order valence-corrected chi connectivity index (χ2v) is 9.38. The van der Waals surface area contributed by atoms with Gasteiger partial charge in [0.05, 0.1) is 6.20 Å². The third-order valence-corrected chi connectivity index (χ3v) is 6.91. The maximum absolute atomic E-state index is 14.9. The van der Waals surface area contributed by atoms with Crippen molar-refractivity contribution in [1.29, 1.82) is 0 Å². The highest BCUT2D eigenvalue weighted by molar-refractivity contribution is 6.49. The first-order valence-corrected chi connectivity index (χ1v) is 11.9. The van der Waals surface area contributed by atoms with Crippen LogP contribution in [0.15, 0.2) is 53.8 Å². The van der Waals surface area contributed by atoms with Gasteiger partial charge in [0.15, 0.2) is 0 Å². The number of amides is 1. The highest BCUT2D eigenvalue weighted by atomic mass is 19.1. The molecular formula is C27H30FN5O. The number of halogens is 1. The molecule has 0 bridgehead atoms. The van der Waals surface area contributed by atoms with E-state index in [0.717, 1.165) is 43.6 Å². The van der Waals surface area contributed by atoms with Crippen molar-refractivity contribution in [3.63, 3.8) is 0 Å². The van der Waals surface area contributed by atoms with Gasteiger partial charge in [-0.1, -0.05) is 12.1 Å². The monoisotopic (exact) mass is 459 g/mol. The smallest absolute Gasteiger partial charge is 0.274 e. The number of rotatable bonds is 4. The number of likely N-dealkylation sites (tertiary alicyclic amines) is 1. The molecule has 1 amide bonds. The van der Waals surface area contributed by atoms with Gasteiger partial charge in [0.25, 0.3) is 5.91 Å². The average molecular weight is 460 g/mol. The predicted molar refractivity (Wildman–Crippen MR) is 133 cm³/mol. The summed E-state index contributed by atoms with van der Waals surface area (Å²) in [6.45, 7) is 2.77. The topological polar surface area (TPSA) is 62.5 Å². The van der Waals surface area contributed by atoms with Crippen LogP contribution in [0.4, 0.5) is 10.1 Å². The van der Waals surface area contributed by atoms with E-state index in [9.17, 15) is 9.18 Å². The summed E-state index contributed by atoms with van der Waals surface area (Å²) in [6, 6.07) is 11.5. The van der Waals surface area contributed by atoms with Gasteiger partial charge in [-0.2, -0.15) is 5.10 Å². The normalized spacial score (nSPS) is 17.1. The van der Waals surface area contributed by atoms with Crippen molar-refractivity contribution in [3.8, 4) is 11.1 Å². The Morgan fingerprint density at radius 2 is 1.85 bits per heavy atom. The zero-order valence-electron chi connectivity index (χ0n) is 19.7. The molecule has 0 saturated carbocycles. The number of nitrogens with one attached hydrogen (secondary N) is 1. The first kappa shape index (κ1) is 22.5. The van der Waals surface area contributed by atoms with Crippen LogP contribution in [0.2, 0.25) is 0 Å². The fourth-order valence-electron chi connectivity index (χ4n) is 4.93. The lowest BCUT2D eigenvalue weighted by Crippen LogP contribution is -2.29. The zero-order valence-corrected chi connectivity index (χ0v) is 19.7. The van der Waals surface area contributed by atoms with E-state index in [2.05, 4.69) is 39.5 Å². The number of carbonyl (C=O) groups is 1. The number of benzene rings is 2. The van der Waals surface area contributed by atoms with Crippen LogP contribution < -0.4 is 5.32 Å². The molecule has 0 unspecified atom stereocenters. The summed E-state index contributed by atoms with van der Waals surface area (Å²) in [5.41, 5.74) is 5.03. The van der Waals surface area contributed by atoms with Crippen LogP contribution in [-0.4, -0.2) is 53.0 Å². The molecule has 1 fully saturated rings. The third-order valence-electron chi connectivity index (χ3n) is 6.91. The second-order valence-electron chi connectivity index (χ2n) is 9.38. The number of aromatic nitrogens is 2. The van der Waals surface area contributed by atoms with Gasteiger partial charge in [0.2, 0.25) is 0 Å². The fourth-order valence-corrected chi connectivity index (χ4v) is 4.93. The zero-order chi connectivity index (χ0) is 23.7. The van der Waals surface area contributed by atoms with E-state index in [1.165, 1.54) is 5.56 Å². The molecule has 1 aromatic heterocycles. The molecule has 0 spiro atoms. The Hall–Kier alpha value is -3.32. The number of aryl methyl sites for hydroxylation is 2. The van der Waals surface area contributed by atoms with Gasteiger partial charge in [0.1, 0.15) is 11.5 Å². The van der Waals surface area contributed by atoms with Crippen molar-refractivity contribution in [3.05, 3.63) is 71.3 Å². The highest BCUT2D eigenvalue weighted by Gasteiger charge is 2.23. The number of hydrogen-bond acceptors (Lipinski definition) is 4. The molecular weight excluding hydrogens is 429 g/mol. The van der Waals surface area contributed by atoms with Gasteiger partial charge in [-0.3, -0.25) is 14.5 Å². The van der Waals surface area contributed by atoms with Crippen LogP contribution in [0.5, 0.6) is 0 Å². The van der Waals surface area contributed by atoms with E-state index in [1.54, 1.807) is 36.3 Å². The van der Waals surface area contributed by atoms with Crippen LogP contribution in [-0.2, 0) is 18.3 Å². The van der Waals surface area contributed by atoms with E-state index in [-0.39, 0.29) is 11.7 Å². The number of hydrogen-bond donors (Lipinski definition) is 1. The molecule has 1 N–H and O–H groups in total. The Bertz CT molecular complexity index is 1220. The molecule has 2 aliphatic rings. The number of nitrogens with zero attached hydrogens (tertiary/aromatic N) is 4. The first-order chi connectivity index (χ1) is 16.5. The van der Waals surface area contributed by atoms with Gasteiger partial charge in [-0.05, 0) is 87.1 Å². The summed E-state index contributed by atoms with van der Waals surface area (Å²) in [5, 5.41) is 7.16. The molecule has 2 aliphatic heterocycles. The number of piperidine rings is 1. The van der Waals surface area contributed by atoms with Gasteiger partial charge in [-0.15, -0.1) is 0 Å². The summed E-state index contributed by atoms with van der Waals surface area (Å²) in [7, 11) is 3.96. The Morgan fingerprint density at radius 3 is 2.56 bits per heavy atom. The Kier molecular flexibility index (Phi) is 6.28. The second kappa shape index (κ2) is 9.50. The van der Waals surface area contributed by atoms with Crippen molar-refractivity contribution in [2.45, 2.75) is 31.6 Å². The Labute approximate surface area is 199 Å². The van der Waals surface area contributed by atoms with Crippen molar-refractivity contribution < 1.29 is 9.18 Å². The largest absolute Gasteiger partial charge is 0.321 e. The Balaban J connectivity index is 1.38. The molecule has 6 nitrogen and oxygen atoms in total. The molecule has 7 heteroatoms. The first-order valence-electron chi connectivity index (χ1n) is 11.9. The summed E-state index contributed by atoms with van der Waals surface area (Å²) >= 11 is 0. The number of fused-ring (bicyclic) bond motifs is 1. The van der Waals surface area contributed by atoms with Crippen molar-refractivity contribution in [2.24, 2.45) is 12.0 Å². The number of carbonyl (C=O) groups excluding carboxylic acids is 1. The van der Waals surface area contributed by atoms with Crippen molar-refractivity contribution in [1.82, 2.24) is 14.7 Å². The maximum Gasteiger partial charge on any atom is 0.274 e. The van der Waals surface area contributed by atoms with Gasteiger partial charge < -0.3 is 10.2 Å². The molecule has 0 atom stereocenters. The minimum Gasteiger partial charge on any atom is -0.321 e. The van der Waals surface area contributed by atoms with E-state index in [1.807, 2.05) is 12.1 Å². The molecule has 1 saturated heterocycles. The summed E-state index contributed by atoms with van der Waals surface area (Å²) in [5.74, 6) is -0.00306. The average Bonchev–Trinajstić information content (AvgIpc) is 3.15. The SMILES string of the molecule is CN1CCC(c2ccc(NC(=O)C3=NCCCc4cc(F)c(-c5cnn(C)c5)cc43)cc2)CC1. The predicted octanol–water partition coefficient (Wildman–Crippen LogP) is 4.41. The lowest BCUT2D eigenvalue weighted by molar-refractivity contribution is -0.110. The van der Waals surface area contributed by atoms with Crippen LogP contribution in [0.3, 0.4) is 0 Å². The van der Waals surface area contributed by atoms with Crippen LogP contribution in [0, 0.1) is 5.82 Å². The number of aliphatic imine (C=N–C) groups is 1. The lowest BCUT2D eigenvalue weighted by atomic mass is 9.89. The van der Waals surface area contributed by atoms with E-state index < -0.39 is 0 Å². The molecule has 5 rings (SSSR count). The number of anilines is 1. The highest BCUT2D eigenvalue weighted by Crippen LogP contribution is 2.30. The molecule has 3 heterocycles. The quantitative estimate of drug-likeness (QED) is 0.629. The summed E-state index contributed by atoms with van der Waals surface area (Å²) < 4.78 is 16.5. The minimum atomic E-state index is -0.307. The standard InChI is InChI=1S/C27H30FN5O/c1-32-12-9-19(10-13-32)18-5-7-22(8-6-18)31-27(34)26-24-15-23(21-16-30-33(2)17-21)25(28)14-20(24)4-3-11-29-26/h5-8,14-17,19H,3-4,9-13H2,1-2H3,(H,31,34). The van der Waals surface area contributed by atoms with Gasteiger partial charge >= 0.3 is 0 Å². The third kappa shape index (κ3) is 4.66. The lowest BCUT2D eigenvalue weighted by Gasteiger charge is -2.29. The van der Waals surface area contributed by atoms with Crippen molar-refractivity contribution >= 4 is 17.3 Å². The van der Waals surface area contributed by atoms with Crippen LogP contribution in [0.1, 0.15) is 41.9 Å². The van der Waals surface area contributed by atoms with Crippen molar-refractivity contribution in [2.75, 3.05) is 32.0 Å². The minimum absolute atomic E-state index is 0.265. The van der Waals surface area contributed by atoms with Gasteiger partial charge in [-0.25, -0.2) is 4.39 Å². The molecule has 2 aromatic carbocycles. The summed E-state index contributed by atoms with van der Waals surface area (Å²) in [4.78, 5) is 20.2. The van der Waals surface area contributed by atoms with E-state index in [0.29, 0.717) is 41.3 Å². The van der Waals surface area contributed by atoms with Gasteiger partial charge in [0, 0.05) is 42.2 Å². The van der Waals surface area contributed by atoms with Crippen LogP contribution in [0.25, 0.3) is 11.1 Å². The molecule has 3 aromatic rings. The summed E-state index contributed by atoms with van der Waals surface area (Å²) in [6.07, 6.45) is 7.18. The van der Waals surface area contributed by atoms with E-state index in [4.69, 9.17) is 0 Å².